The molecule has 0 aliphatic carbocycles. The molecular formula is C13H31N3O3S. The fourth-order valence-corrected chi connectivity index (χ4v) is 3.47. The lowest BCUT2D eigenvalue weighted by molar-refractivity contribution is 0.164. The number of rotatable bonds is 12. The molecule has 0 spiro atoms. The standard InChI is InChI=1S/C13H31N3O3S/c1-6-13(3)16(11-12-19-5)20(17,18)15(4)10-8-9-14-7-2/h13-14H,6-12H2,1-5H3. The van der Waals surface area contributed by atoms with E-state index in [0.717, 1.165) is 25.9 Å². The first-order chi connectivity index (χ1) is 9.41. The van der Waals surface area contributed by atoms with Crippen molar-refractivity contribution in [2.45, 2.75) is 39.7 Å². The van der Waals surface area contributed by atoms with Crippen molar-refractivity contribution in [3.8, 4) is 0 Å². The van der Waals surface area contributed by atoms with Gasteiger partial charge in [0.1, 0.15) is 0 Å². The van der Waals surface area contributed by atoms with Crippen molar-refractivity contribution in [3.05, 3.63) is 0 Å². The van der Waals surface area contributed by atoms with Gasteiger partial charge in [-0.15, -0.1) is 0 Å². The summed E-state index contributed by atoms with van der Waals surface area (Å²) in [4.78, 5) is 0. The Morgan fingerprint density at radius 3 is 2.40 bits per heavy atom. The summed E-state index contributed by atoms with van der Waals surface area (Å²) in [5.74, 6) is 0. The van der Waals surface area contributed by atoms with Crippen LogP contribution in [0.5, 0.6) is 0 Å². The van der Waals surface area contributed by atoms with Crippen LogP contribution in [0, 0.1) is 0 Å². The van der Waals surface area contributed by atoms with Crippen molar-refractivity contribution in [3.63, 3.8) is 0 Å². The van der Waals surface area contributed by atoms with E-state index in [0.29, 0.717) is 19.7 Å². The molecule has 1 unspecified atom stereocenters. The fraction of sp³-hybridized carbons (Fsp3) is 1.00. The first-order valence-corrected chi connectivity index (χ1v) is 8.74. The van der Waals surface area contributed by atoms with Crippen molar-refractivity contribution in [2.75, 3.05) is 46.9 Å². The van der Waals surface area contributed by atoms with Gasteiger partial charge in [-0.1, -0.05) is 13.8 Å². The van der Waals surface area contributed by atoms with Crippen molar-refractivity contribution >= 4 is 10.2 Å². The number of hydrogen-bond donors (Lipinski definition) is 1. The molecule has 1 atom stereocenters. The Labute approximate surface area is 124 Å². The monoisotopic (exact) mass is 309 g/mol. The Morgan fingerprint density at radius 1 is 1.25 bits per heavy atom. The summed E-state index contributed by atoms with van der Waals surface area (Å²) in [6, 6.07) is -0.0219. The average molecular weight is 309 g/mol. The molecule has 0 aromatic rings. The van der Waals surface area contributed by atoms with Gasteiger partial charge >= 0.3 is 0 Å². The zero-order valence-corrected chi connectivity index (χ0v) is 14.4. The van der Waals surface area contributed by atoms with E-state index in [9.17, 15) is 8.42 Å². The van der Waals surface area contributed by atoms with Crippen LogP contribution in [0.3, 0.4) is 0 Å². The quantitative estimate of drug-likeness (QED) is 0.544. The van der Waals surface area contributed by atoms with E-state index in [2.05, 4.69) is 5.32 Å². The minimum Gasteiger partial charge on any atom is -0.383 e. The lowest BCUT2D eigenvalue weighted by Gasteiger charge is -2.31. The summed E-state index contributed by atoms with van der Waals surface area (Å²) < 4.78 is 33.1. The van der Waals surface area contributed by atoms with Gasteiger partial charge in [0.15, 0.2) is 0 Å². The van der Waals surface area contributed by atoms with Crippen molar-refractivity contribution in [2.24, 2.45) is 0 Å². The predicted octanol–water partition coefficient (Wildman–Crippen LogP) is 0.910. The zero-order chi connectivity index (χ0) is 15.6. The molecule has 0 fully saturated rings. The second-order valence-electron chi connectivity index (χ2n) is 4.90. The maximum absolute atomic E-state index is 12.6. The molecule has 7 heteroatoms. The first kappa shape index (κ1) is 19.8. The van der Waals surface area contributed by atoms with Gasteiger partial charge in [0.2, 0.25) is 0 Å². The van der Waals surface area contributed by atoms with Gasteiger partial charge in [-0.25, -0.2) is 0 Å². The molecule has 0 saturated heterocycles. The summed E-state index contributed by atoms with van der Waals surface area (Å²) >= 11 is 0. The molecule has 0 saturated carbocycles. The smallest absolute Gasteiger partial charge is 0.282 e. The van der Waals surface area contributed by atoms with Crippen LogP contribution in [0.1, 0.15) is 33.6 Å². The van der Waals surface area contributed by atoms with Crippen molar-refractivity contribution in [1.29, 1.82) is 0 Å². The van der Waals surface area contributed by atoms with E-state index in [1.54, 1.807) is 14.2 Å². The number of nitrogens with one attached hydrogen (secondary N) is 1. The van der Waals surface area contributed by atoms with Crippen LogP contribution in [-0.4, -0.2) is 70.0 Å². The molecule has 122 valence electrons. The Bertz CT molecular complexity index is 336. The van der Waals surface area contributed by atoms with Gasteiger partial charge in [0.25, 0.3) is 10.2 Å². The molecule has 6 nitrogen and oxygen atoms in total. The summed E-state index contributed by atoms with van der Waals surface area (Å²) in [5, 5.41) is 3.20. The number of ether oxygens (including phenoxy) is 1. The molecule has 0 aliphatic heterocycles. The third-order valence-corrected chi connectivity index (χ3v) is 5.47. The van der Waals surface area contributed by atoms with Gasteiger partial charge in [-0.3, -0.25) is 0 Å². The number of hydrogen-bond acceptors (Lipinski definition) is 4. The Hall–Kier alpha value is -0.210. The third-order valence-electron chi connectivity index (χ3n) is 3.37. The van der Waals surface area contributed by atoms with E-state index < -0.39 is 10.2 Å². The molecule has 0 aliphatic rings. The highest BCUT2D eigenvalue weighted by atomic mass is 32.2. The number of nitrogens with zero attached hydrogens (tertiary/aromatic N) is 2. The van der Waals surface area contributed by atoms with Gasteiger partial charge in [-0.2, -0.15) is 17.0 Å². The third kappa shape index (κ3) is 6.49. The topological polar surface area (TPSA) is 61.9 Å². The van der Waals surface area contributed by atoms with Crippen LogP contribution < -0.4 is 5.32 Å². The Morgan fingerprint density at radius 2 is 1.90 bits per heavy atom. The van der Waals surface area contributed by atoms with Gasteiger partial charge in [-0.05, 0) is 32.9 Å². The molecule has 0 bridgehead atoms. The summed E-state index contributed by atoms with van der Waals surface area (Å²) in [7, 11) is -0.186. The van der Waals surface area contributed by atoms with Crippen molar-refractivity contribution in [1.82, 2.24) is 13.9 Å². The Kier molecular flexibility index (Phi) is 10.4. The SMILES string of the molecule is CCNCCCN(C)S(=O)(=O)N(CCOC)C(C)CC. The molecule has 0 aromatic heterocycles. The number of methoxy groups -OCH3 is 1. The second-order valence-corrected chi connectivity index (χ2v) is 6.89. The van der Waals surface area contributed by atoms with Gasteiger partial charge < -0.3 is 10.1 Å². The fourth-order valence-electron chi connectivity index (χ4n) is 1.85. The van der Waals surface area contributed by atoms with E-state index in [4.69, 9.17) is 4.74 Å². The molecule has 0 heterocycles. The van der Waals surface area contributed by atoms with Crippen LogP contribution >= 0.6 is 0 Å². The lowest BCUT2D eigenvalue weighted by Crippen LogP contribution is -2.48. The van der Waals surface area contributed by atoms with Crippen molar-refractivity contribution < 1.29 is 13.2 Å². The van der Waals surface area contributed by atoms with Crippen LogP contribution in [0.2, 0.25) is 0 Å². The van der Waals surface area contributed by atoms with Crippen LogP contribution in [0.4, 0.5) is 0 Å². The molecule has 0 radical (unpaired) electrons. The summed E-state index contributed by atoms with van der Waals surface area (Å²) in [6.07, 6.45) is 1.59. The highest BCUT2D eigenvalue weighted by Gasteiger charge is 2.29. The zero-order valence-electron chi connectivity index (χ0n) is 13.6. The maximum Gasteiger partial charge on any atom is 0.282 e. The highest BCUT2D eigenvalue weighted by molar-refractivity contribution is 7.86. The molecular weight excluding hydrogens is 278 g/mol. The summed E-state index contributed by atoms with van der Waals surface area (Å²) in [5.41, 5.74) is 0. The first-order valence-electron chi connectivity index (χ1n) is 7.34. The van der Waals surface area contributed by atoms with Crippen LogP contribution in [0.25, 0.3) is 0 Å². The average Bonchev–Trinajstić information content (AvgIpc) is 2.43. The molecule has 20 heavy (non-hydrogen) atoms. The largest absolute Gasteiger partial charge is 0.383 e. The molecule has 0 aromatic carbocycles. The van der Waals surface area contributed by atoms with Gasteiger partial charge in [0, 0.05) is 33.3 Å². The van der Waals surface area contributed by atoms with E-state index in [-0.39, 0.29) is 6.04 Å². The van der Waals surface area contributed by atoms with E-state index in [1.807, 2.05) is 20.8 Å². The normalized spacial score (nSPS) is 14.2. The molecule has 1 N–H and O–H groups in total. The maximum atomic E-state index is 12.6. The van der Waals surface area contributed by atoms with Crippen LogP contribution in [-0.2, 0) is 14.9 Å². The highest BCUT2D eigenvalue weighted by Crippen LogP contribution is 2.13. The Balaban J connectivity index is 4.65. The predicted molar refractivity (Wildman–Crippen MR) is 83.0 cm³/mol. The van der Waals surface area contributed by atoms with Crippen LogP contribution in [0.15, 0.2) is 0 Å². The minimum absolute atomic E-state index is 0.0219. The second kappa shape index (κ2) is 10.5. The summed E-state index contributed by atoms with van der Waals surface area (Å²) in [6.45, 7) is 9.03. The lowest BCUT2D eigenvalue weighted by atomic mass is 10.3. The van der Waals surface area contributed by atoms with Gasteiger partial charge in [0.05, 0.1) is 6.61 Å². The minimum atomic E-state index is -3.41. The molecule has 0 amide bonds. The molecule has 0 rings (SSSR count). The van der Waals surface area contributed by atoms with E-state index in [1.165, 1.54) is 8.61 Å². The van der Waals surface area contributed by atoms with E-state index >= 15 is 0 Å².